The Balaban J connectivity index is 2.10. The highest BCUT2D eigenvalue weighted by Gasteiger charge is 2.39. The van der Waals surface area contributed by atoms with Gasteiger partial charge in [0.25, 0.3) is 0 Å². The monoisotopic (exact) mass is 340 g/mol. The van der Waals surface area contributed by atoms with E-state index in [-0.39, 0.29) is 28.4 Å². The van der Waals surface area contributed by atoms with E-state index >= 15 is 0 Å². The summed E-state index contributed by atoms with van der Waals surface area (Å²) in [6.45, 7) is 1.60. The molecule has 0 heterocycles. The molecule has 0 saturated carbocycles. The van der Waals surface area contributed by atoms with Gasteiger partial charge in [0.1, 0.15) is 10.8 Å². The third-order valence-electron chi connectivity index (χ3n) is 4.36. The molecule has 0 radical (unpaired) electrons. The summed E-state index contributed by atoms with van der Waals surface area (Å²) in [4.78, 5) is 22.4. The molecule has 3 rings (SSSR count). The van der Waals surface area contributed by atoms with Crippen molar-refractivity contribution in [2.24, 2.45) is 5.92 Å². The number of hydrogen-bond donors (Lipinski definition) is 1. The lowest BCUT2D eigenvalue weighted by Crippen LogP contribution is -2.12. The summed E-state index contributed by atoms with van der Waals surface area (Å²) < 4.78 is 5.22. The Kier molecular flexibility index (Phi) is 3.91. The van der Waals surface area contributed by atoms with Crippen molar-refractivity contribution in [3.63, 3.8) is 0 Å². The standard InChI is InChI=1S/C16H14Cl2O4/c1-7-9-3-2-8(19)4-11(9)14-10(7)5-12(15(17)16(14)18)22-6-13(20)21/h4-5,7,9H,2-3,6H2,1H3,(H,20,21). The predicted octanol–water partition coefficient (Wildman–Crippen LogP) is 3.94. The summed E-state index contributed by atoms with van der Waals surface area (Å²) in [5.41, 5.74) is 2.70. The minimum Gasteiger partial charge on any atom is -0.480 e. The van der Waals surface area contributed by atoms with Crippen LogP contribution in [0, 0.1) is 5.92 Å². The fourth-order valence-corrected chi connectivity index (χ4v) is 3.83. The van der Waals surface area contributed by atoms with E-state index in [0.29, 0.717) is 11.4 Å². The van der Waals surface area contributed by atoms with E-state index < -0.39 is 12.6 Å². The molecule has 1 aromatic rings. The number of rotatable bonds is 3. The van der Waals surface area contributed by atoms with Crippen molar-refractivity contribution < 1.29 is 19.4 Å². The second kappa shape index (κ2) is 5.60. The highest BCUT2D eigenvalue weighted by atomic mass is 35.5. The van der Waals surface area contributed by atoms with Crippen LogP contribution in [0.15, 0.2) is 12.1 Å². The molecule has 0 amide bonds. The molecule has 2 atom stereocenters. The van der Waals surface area contributed by atoms with Crippen LogP contribution in [0.25, 0.3) is 5.57 Å². The number of carbonyl (C=O) groups is 2. The molecular formula is C16H14Cl2O4. The molecule has 0 spiro atoms. The van der Waals surface area contributed by atoms with Crippen molar-refractivity contribution in [3.8, 4) is 5.75 Å². The number of aliphatic carboxylic acids is 1. The van der Waals surface area contributed by atoms with Crippen LogP contribution < -0.4 is 4.74 Å². The zero-order valence-corrected chi connectivity index (χ0v) is 13.4. The normalized spacial score (nSPS) is 22.9. The molecule has 0 aliphatic heterocycles. The fraction of sp³-hybridized carbons (Fsp3) is 0.375. The Bertz CT molecular complexity index is 709. The van der Waals surface area contributed by atoms with Gasteiger partial charge in [-0.15, -0.1) is 0 Å². The Morgan fingerprint density at radius 1 is 1.41 bits per heavy atom. The topological polar surface area (TPSA) is 63.6 Å². The number of halogens is 2. The molecule has 0 fully saturated rings. The Morgan fingerprint density at radius 3 is 2.82 bits per heavy atom. The first kappa shape index (κ1) is 15.4. The highest BCUT2D eigenvalue weighted by Crippen LogP contribution is 2.55. The molecule has 116 valence electrons. The molecule has 0 aromatic heterocycles. The van der Waals surface area contributed by atoms with Gasteiger partial charge in [0.05, 0.1) is 5.02 Å². The van der Waals surface area contributed by atoms with Crippen LogP contribution >= 0.6 is 23.2 Å². The summed E-state index contributed by atoms with van der Waals surface area (Å²) in [5, 5.41) is 9.25. The van der Waals surface area contributed by atoms with Crippen molar-refractivity contribution in [2.45, 2.75) is 25.7 Å². The Hall–Kier alpha value is -1.52. The lowest BCUT2D eigenvalue weighted by molar-refractivity contribution is -0.139. The lowest BCUT2D eigenvalue weighted by Gasteiger charge is -2.20. The average molecular weight is 341 g/mol. The van der Waals surface area contributed by atoms with Crippen LogP contribution in [-0.2, 0) is 9.59 Å². The van der Waals surface area contributed by atoms with Gasteiger partial charge in [-0.2, -0.15) is 0 Å². The van der Waals surface area contributed by atoms with Crippen molar-refractivity contribution in [1.29, 1.82) is 0 Å². The molecule has 1 aromatic carbocycles. The van der Waals surface area contributed by atoms with E-state index in [9.17, 15) is 9.59 Å². The Labute approximate surface area is 137 Å². The Morgan fingerprint density at radius 2 is 2.14 bits per heavy atom. The second-order valence-electron chi connectivity index (χ2n) is 5.65. The van der Waals surface area contributed by atoms with Crippen LogP contribution in [0.3, 0.4) is 0 Å². The van der Waals surface area contributed by atoms with E-state index in [0.717, 1.165) is 23.1 Å². The van der Waals surface area contributed by atoms with Gasteiger partial charge >= 0.3 is 5.97 Å². The number of ketones is 1. The maximum absolute atomic E-state index is 11.7. The van der Waals surface area contributed by atoms with Gasteiger partial charge < -0.3 is 9.84 Å². The van der Waals surface area contributed by atoms with E-state index in [1.807, 2.05) is 0 Å². The molecule has 4 nitrogen and oxygen atoms in total. The minimum absolute atomic E-state index is 0.102. The number of carboxylic acid groups (broad SMARTS) is 1. The molecule has 6 heteroatoms. The van der Waals surface area contributed by atoms with Gasteiger partial charge in [0.15, 0.2) is 12.4 Å². The SMILES string of the molecule is CC1c2cc(OCC(=O)O)c(Cl)c(Cl)c2C2=CC(=O)CCC21. The van der Waals surface area contributed by atoms with Gasteiger partial charge in [-0.05, 0) is 41.5 Å². The first-order chi connectivity index (χ1) is 10.4. The van der Waals surface area contributed by atoms with Crippen molar-refractivity contribution in [3.05, 3.63) is 33.3 Å². The van der Waals surface area contributed by atoms with Crippen molar-refractivity contribution >= 4 is 40.5 Å². The van der Waals surface area contributed by atoms with Gasteiger partial charge in [-0.1, -0.05) is 30.1 Å². The molecule has 0 bridgehead atoms. The maximum atomic E-state index is 11.7. The molecule has 22 heavy (non-hydrogen) atoms. The average Bonchev–Trinajstić information content (AvgIpc) is 2.73. The van der Waals surface area contributed by atoms with Crippen molar-refractivity contribution in [1.82, 2.24) is 0 Å². The van der Waals surface area contributed by atoms with E-state index in [4.69, 9.17) is 33.0 Å². The number of ether oxygens (including phenoxy) is 1. The zero-order chi connectivity index (χ0) is 16.0. The number of carboxylic acids is 1. The highest BCUT2D eigenvalue weighted by molar-refractivity contribution is 6.44. The molecule has 2 aliphatic carbocycles. The smallest absolute Gasteiger partial charge is 0.341 e. The fourth-order valence-electron chi connectivity index (χ4n) is 3.32. The van der Waals surface area contributed by atoms with Gasteiger partial charge in [0.2, 0.25) is 0 Å². The number of hydrogen-bond acceptors (Lipinski definition) is 3. The third kappa shape index (κ3) is 2.40. The first-order valence-electron chi connectivity index (χ1n) is 7.01. The van der Waals surface area contributed by atoms with Gasteiger partial charge in [-0.25, -0.2) is 4.79 Å². The number of fused-ring (bicyclic) bond motifs is 3. The molecule has 1 N–H and O–H groups in total. The maximum Gasteiger partial charge on any atom is 0.341 e. The summed E-state index contributed by atoms with van der Waals surface area (Å²) in [7, 11) is 0. The second-order valence-corrected chi connectivity index (χ2v) is 6.41. The molecular weight excluding hydrogens is 327 g/mol. The predicted molar refractivity (Wildman–Crippen MR) is 83.7 cm³/mol. The zero-order valence-electron chi connectivity index (χ0n) is 11.9. The first-order valence-corrected chi connectivity index (χ1v) is 7.77. The summed E-state index contributed by atoms with van der Waals surface area (Å²) in [6, 6.07) is 1.75. The van der Waals surface area contributed by atoms with Gasteiger partial charge in [0, 0.05) is 12.0 Å². The number of carbonyl (C=O) groups excluding carboxylic acids is 1. The molecule has 2 unspecified atom stereocenters. The van der Waals surface area contributed by atoms with Crippen LogP contribution in [-0.4, -0.2) is 23.5 Å². The summed E-state index contributed by atoms with van der Waals surface area (Å²) >= 11 is 12.6. The van der Waals surface area contributed by atoms with E-state index in [1.54, 1.807) is 12.1 Å². The van der Waals surface area contributed by atoms with Crippen LogP contribution in [0.1, 0.15) is 36.8 Å². The molecule has 2 aliphatic rings. The van der Waals surface area contributed by atoms with Crippen LogP contribution in [0.5, 0.6) is 5.75 Å². The van der Waals surface area contributed by atoms with E-state index in [2.05, 4.69) is 6.92 Å². The lowest BCUT2D eigenvalue weighted by atomic mass is 9.83. The van der Waals surface area contributed by atoms with E-state index in [1.165, 1.54) is 0 Å². The van der Waals surface area contributed by atoms with Gasteiger partial charge in [-0.3, -0.25) is 4.79 Å². The van der Waals surface area contributed by atoms with Crippen molar-refractivity contribution in [2.75, 3.05) is 6.61 Å². The van der Waals surface area contributed by atoms with Crippen LogP contribution in [0.4, 0.5) is 0 Å². The third-order valence-corrected chi connectivity index (χ3v) is 5.21. The quantitative estimate of drug-likeness (QED) is 0.905. The largest absolute Gasteiger partial charge is 0.480 e. The minimum atomic E-state index is -1.08. The number of allylic oxidation sites excluding steroid dienone is 2. The summed E-state index contributed by atoms with van der Waals surface area (Å²) in [5.74, 6) is -0.273. The summed E-state index contributed by atoms with van der Waals surface area (Å²) in [6.07, 6.45) is 3.00. The van der Waals surface area contributed by atoms with Crippen LogP contribution in [0.2, 0.25) is 10.0 Å². The molecule has 0 saturated heterocycles. The number of benzene rings is 1.